The number of nitrogens with zero attached hydrogens (tertiary/aromatic N) is 2. The molecule has 13 heavy (non-hydrogen) atoms. The highest BCUT2D eigenvalue weighted by atomic mass is 15.1. The van der Waals surface area contributed by atoms with Gasteiger partial charge in [-0.25, -0.2) is 9.97 Å². The van der Waals surface area contributed by atoms with E-state index in [0.717, 1.165) is 24.7 Å². The SMILES string of the molecule is CC(C)Nc1ncc2c(n1)CNC2. The molecular formula is C9H14N4. The zero-order valence-corrected chi connectivity index (χ0v) is 7.96. The average molecular weight is 178 g/mol. The van der Waals surface area contributed by atoms with Crippen molar-refractivity contribution in [1.29, 1.82) is 0 Å². The largest absolute Gasteiger partial charge is 0.352 e. The molecule has 0 radical (unpaired) electrons. The molecule has 1 aliphatic heterocycles. The molecule has 4 nitrogen and oxygen atoms in total. The van der Waals surface area contributed by atoms with E-state index < -0.39 is 0 Å². The van der Waals surface area contributed by atoms with Crippen LogP contribution >= 0.6 is 0 Å². The van der Waals surface area contributed by atoms with E-state index in [-0.39, 0.29) is 0 Å². The quantitative estimate of drug-likeness (QED) is 0.706. The molecule has 1 aromatic rings. The minimum Gasteiger partial charge on any atom is -0.352 e. The van der Waals surface area contributed by atoms with Gasteiger partial charge in [0.2, 0.25) is 5.95 Å². The van der Waals surface area contributed by atoms with Gasteiger partial charge >= 0.3 is 0 Å². The Labute approximate surface area is 77.8 Å². The van der Waals surface area contributed by atoms with Gasteiger partial charge < -0.3 is 10.6 Å². The van der Waals surface area contributed by atoms with Crippen molar-refractivity contribution in [1.82, 2.24) is 15.3 Å². The Morgan fingerprint density at radius 1 is 1.46 bits per heavy atom. The lowest BCUT2D eigenvalue weighted by molar-refractivity contribution is 0.757. The Bertz CT molecular complexity index is 308. The molecule has 0 saturated carbocycles. The maximum Gasteiger partial charge on any atom is 0.223 e. The molecule has 2 heterocycles. The Morgan fingerprint density at radius 3 is 3.08 bits per heavy atom. The van der Waals surface area contributed by atoms with E-state index in [9.17, 15) is 0 Å². The van der Waals surface area contributed by atoms with Crippen molar-refractivity contribution in [2.24, 2.45) is 0 Å². The number of hydrogen-bond acceptors (Lipinski definition) is 4. The monoisotopic (exact) mass is 178 g/mol. The fourth-order valence-electron chi connectivity index (χ4n) is 1.39. The fraction of sp³-hybridized carbons (Fsp3) is 0.556. The van der Waals surface area contributed by atoms with E-state index in [1.807, 2.05) is 6.20 Å². The molecule has 0 amide bonds. The molecule has 70 valence electrons. The van der Waals surface area contributed by atoms with Crippen LogP contribution in [-0.2, 0) is 13.1 Å². The number of aromatic nitrogens is 2. The van der Waals surface area contributed by atoms with E-state index >= 15 is 0 Å². The van der Waals surface area contributed by atoms with Crippen molar-refractivity contribution < 1.29 is 0 Å². The Hall–Kier alpha value is -1.16. The van der Waals surface area contributed by atoms with Crippen molar-refractivity contribution in [3.63, 3.8) is 0 Å². The molecule has 2 rings (SSSR count). The van der Waals surface area contributed by atoms with Gasteiger partial charge in [-0.3, -0.25) is 0 Å². The summed E-state index contributed by atoms with van der Waals surface area (Å²) in [6.45, 7) is 5.92. The topological polar surface area (TPSA) is 49.8 Å². The van der Waals surface area contributed by atoms with Crippen molar-refractivity contribution in [2.45, 2.75) is 33.0 Å². The first-order chi connectivity index (χ1) is 6.25. The Balaban J connectivity index is 2.21. The van der Waals surface area contributed by atoms with Gasteiger partial charge in [0.05, 0.1) is 5.69 Å². The van der Waals surface area contributed by atoms with Gasteiger partial charge in [0, 0.05) is 30.9 Å². The molecule has 0 saturated heterocycles. The van der Waals surface area contributed by atoms with Gasteiger partial charge in [0.25, 0.3) is 0 Å². The number of nitrogens with one attached hydrogen (secondary N) is 2. The standard InChI is InChI=1S/C9H14N4/c1-6(2)12-9-11-4-7-3-10-5-8(7)13-9/h4,6,10H,3,5H2,1-2H3,(H,11,12,13). The second-order valence-electron chi connectivity index (χ2n) is 3.57. The molecule has 4 heteroatoms. The first kappa shape index (κ1) is 8.44. The van der Waals surface area contributed by atoms with E-state index in [1.165, 1.54) is 5.56 Å². The summed E-state index contributed by atoms with van der Waals surface area (Å²) in [7, 11) is 0. The summed E-state index contributed by atoms with van der Waals surface area (Å²) in [5.41, 5.74) is 2.34. The molecule has 0 unspecified atom stereocenters. The number of rotatable bonds is 2. The first-order valence-corrected chi connectivity index (χ1v) is 4.58. The van der Waals surface area contributed by atoms with Gasteiger partial charge in [-0.15, -0.1) is 0 Å². The van der Waals surface area contributed by atoms with Crippen LogP contribution in [0.3, 0.4) is 0 Å². The summed E-state index contributed by atoms with van der Waals surface area (Å²) in [6, 6.07) is 0.382. The van der Waals surface area contributed by atoms with E-state index in [4.69, 9.17) is 0 Å². The summed E-state index contributed by atoms with van der Waals surface area (Å²) in [4.78, 5) is 8.64. The zero-order valence-electron chi connectivity index (χ0n) is 7.96. The summed E-state index contributed by atoms with van der Waals surface area (Å²) in [5.74, 6) is 0.734. The normalized spacial score (nSPS) is 14.7. The number of anilines is 1. The van der Waals surface area contributed by atoms with Crippen LogP contribution in [0.25, 0.3) is 0 Å². The van der Waals surface area contributed by atoms with Crippen LogP contribution < -0.4 is 10.6 Å². The summed E-state index contributed by atoms with van der Waals surface area (Å²) in [6.07, 6.45) is 1.90. The second kappa shape index (κ2) is 3.30. The predicted molar refractivity (Wildman–Crippen MR) is 51.3 cm³/mol. The van der Waals surface area contributed by atoms with Crippen molar-refractivity contribution >= 4 is 5.95 Å². The number of hydrogen-bond donors (Lipinski definition) is 2. The molecule has 2 N–H and O–H groups in total. The van der Waals surface area contributed by atoms with Crippen LogP contribution in [0.5, 0.6) is 0 Å². The molecule has 0 atom stereocenters. The Kier molecular flexibility index (Phi) is 2.14. The van der Waals surface area contributed by atoms with E-state index in [0.29, 0.717) is 6.04 Å². The van der Waals surface area contributed by atoms with Gasteiger partial charge in [0.1, 0.15) is 0 Å². The van der Waals surface area contributed by atoms with Crippen LogP contribution in [0.15, 0.2) is 6.20 Å². The van der Waals surface area contributed by atoms with Gasteiger partial charge in [-0.05, 0) is 13.8 Å². The maximum absolute atomic E-state index is 4.41. The molecule has 1 aliphatic rings. The van der Waals surface area contributed by atoms with Gasteiger partial charge in [-0.1, -0.05) is 0 Å². The van der Waals surface area contributed by atoms with E-state index in [2.05, 4.69) is 34.4 Å². The lowest BCUT2D eigenvalue weighted by Crippen LogP contribution is -2.13. The average Bonchev–Trinajstić information content (AvgIpc) is 2.49. The summed E-state index contributed by atoms with van der Waals surface area (Å²) in [5, 5.41) is 6.42. The molecular weight excluding hydrogens is 164 g/mol. The highest BCUT2D eigenvalue weighted by Gasteiger charge is 2.12. The van der Waals surface area contributed by atoms with Crippen molar-refractivity contribution in [3.05, 3.63) is 17.5 Å². The second-order valence-corrected chi connectivity index (χ2v) is 3.57. The van der Waals surface area contributed by atoms with E-state index in [1.54, 1.807) is 0 Å². The number of fused-ring (bicyclic) bond motifs is 1. The molecule has 0 bridgehead atoms. The molecule has 1 aromatic heterocycles. The third-order valence-corrected chi connectivity index (χ3v) is 1.98. The van der Waals surface area contributed by atoms with Crippen molar-refractivity contribution in [3.8, 4) is 0 Å². The van der Waals surface area contributed by atoms with Crippen LogP contribution in [0, 0.1) is 0 Å². The summed E-state index contributed by atoms with van der Waals surface area (Å²) >= 11 is 0. The molecule has 0 fully saturated rings. The van der Waals surface area contributed by atoms with Crippen LogP contribution in [0.1, 0.15) is 25.1 Å². The smallest absolute Gasteiger partial charge is 0.223 e. The zero-order chi connectivity index (χ0) is 9.26. The minimum atomic E-state index is 0.382. The van der Waals surface area contributed by atoms with Crippen molar-refractivity contribution in [2.75, 3.05) is 5.32 Å². The third kappa shape index (κ3) is 1.78. The third-order valence-electron chi connectivity index (χ3n) is 1.98. The lowest BCUT2D eigenvalue weighted by Gasteiger charge is -2.08. The molecule has 0 spiro atoms. The minimum absolute atomic E-state index is 0.382. The van der Waals surface area contributed by atoms with Gasteiger partial charge in [0.15, 0.2) is 0 Å². The maximum atomic E-state index is 4.41. The highest BCUT2D eigenvalue weighted by Crippen LogP contribution is 2.13. The molecule has 0 aliphatic carbocycles. The van der Waals surface area contributed by atoms with Crippen LogP contribution in [-0.4, -0.2) is 16.0 Å². The molecule has 0 aromatic carbocycles. The van der Waals surface area contributed by atoms with Crippen LogP contribution in [0.2, 0.25) is 0 Å². The fourth-order valence-corrected chi connectivity index (χ4v) is 1.39. The lowest BCUT2D eigenvalue weighted by atomic mass is 10.3. The Morgan fingerprint density at radius 2 is 2.31 bits per heavy atom. The summed E-state index contributed by atoms with van der Waals surface area (Å²) < 4.78 is 0. The predicted octanol–water partition coefficient (Wildman–Crippen LogP) is 0.900. The highest BCUT2D eigenvalue weighted by molar-refractivity contribution is 5.31. The first-order valence-electron chi connectivity index (χ1n) is 4.58. The van der Waals surface area contributed by atoms with Gasteiger partial charge in [-0.2, -0.15) is 0 Å². The van der Waals surface area contributed by atoms with Crippen LogP contribution in [0.4, 0.5) is 5.95 Å².